The van der Waals surface area contributed by atoms with Gasteiger partial charge in [-0.25, -0.2) is 14.4 Å². The van der Waals surface area contributed by atoms with Gasteiger partial charge in [-0.2, -0.15) is 4.98 Å². The molecule has 39 heavy (non-hydrogen) atoms. The summed E-state index contributed by atoms with van der Waals surface area (Å²) >= 11 is 6.01. The smallest absolute Gasteiger partial charge is 0.229 e. The van der Waals surface area contributed by atoms with E-state index in [0.717, 1.165) is 34.0 Å². The van der Waals surface area contributed by atoms with Crippen LogP contribution in [0.15, 0.2) is 55.0 Å². The molecule has 2 atom stereocenters. The third-order valence-corrected chi connectivity index (χ3v) is 7.59. The lowest BCUT2D eigenvalue weighted by Crippen LogP contribution is -2.25. The number of imidazole rings is 1. The minimum absolute atomic E-state index is 0.0920. The second kappa shape index (κ2) is 10.8. The zero-order valence-electron chi connectivity index (χ0n) is 21.8. The number of benzene rings is 2. The number of fused-ring (bicyclic) bond motifs is 1. The Morgan fingerprint density at radius 2 is 2.00 bits per heavy atom. The first-order valence-corrected chi connectivity index (χ1v) is 13.4. The van der Waals surface area contributed by atoms with Gasteiger partial charge in [0, 0.05) is 29.6 Å². The van der Waals surface area contributed by atoms with E-state index in [1.807, 2.05) is 42.5 Å². The summed E-state index contributed by atoms with van der Waals surface area (Å²) in [6.07, 6.45) is 5.81. The third-order valence-electron chi connectivity index (χ3n) is 7.40. The van der Waals surface area contributed by atoms with Gasteiger partial charge in [0.2, 0.25) is 5.95 Å². The van der Waals surface area contributed by atoms with E-state index in [9.17, 15) is 4.39 Å². The van der Waals surface area contributed by atoms with Crippen molar-refractivity contribution in [3.05, 3.63) is 82.5 Å². The standard InChI is InChI=1S/C29H30ClFN6O2/c1-17(19-7-8-19)33-28-23-15-39-14-22(20-5-3-18(12-31)4-6-20)27(23)35-29(36-28)34-21-9-10-24(25(11-21)38-2)37-13-26(30)32-16-37/h3-6,9-11,13,16-17,19,22H,7-8,12,14-15H2,1-2H3,(H2,33,34,35,36)/t17-,22?/m1/s1. The predicted molar refractivity (Wildman–Crippen MR) is 149 cm³/mol. The van der Waals surface area contributed by atoms with Crippen molar-refractivity contribution < 1.29 is 13.9 Å². The molecule has 2 N–H and O–H groups in total. The van der Waals surface area contributed by atoms with E-state index in [-0.39, 0.29) is 5.92 Å². The van der Waals surface area contributed by atoms with E-state index in [4.69, 9.17) is 31.0 Å². The maximum Gasteiger partial charge on any atom is 0.229 e. The summed E-state index contributed by atoms with van der Waals surface area (Å²) in [6, 6.07) is 13.6. The van der Waals surface area contributed by atoms with Gasteiger partial charge in [0.1, 0.15) is 29.7 Å². The van der Waals surface area contributed by atoms with Crippen molar-refractivity contribution in [2.75, 3.05) is 24.4 Å². The summed E-state index contributed by atoms with van der Waals surface area (Å²) in [5, 5.41) is 7.42. The van der Waals surface area contributed by atoms with E-state index in [1.165, 1.54) is 12.8 Å². The van der Waals surface area contributed by atoms with E-state index < -0.39 is 6.67 Å². The maximum absolute atomic E-state index is 13.1. The second-order valence-corrected chi connectivity index (χ2v) is 10.5. The summed E-state index contributed by atoms with van der Waals surface area (Å²) in [7, 11) is 1.62. The Bertz CT molecular complexity index is 1470. The van der Waals surface area contributed by atoms with E-state index >= 15 is 0 Å². The van der Waals surface area contributed by atoms with Crippen LogP contribution in [-0.4, -0.2) is 39.3 Å². The molecule has 2 aliphatic rings. The van der Waals surface area contributed by atoms with Crippen LogP contribution in [-0.2, 0) is 18.0 Å². The first-order chi connectivity index (χ1) is 19.0. The lowest BCUT2D eigenvalue weighted by atomic mass is 9.91. The van der Waals surface area contributed by atoms with Gasteiger partial charge in [-0.05, 0) is 48.9 Å². The molecule has 2 aromatic carbocycles. The zero-order valence-corrected chi connectivity index (χ0v) is 22.6. The summed E-state index contributed by atoms with van der Waals surface area (Å²) < 4.78 is 26.6. The van der Waals surface area contributed by atoms with Crippen LogP contribution in [0.2, 0.25) is 5.15 Å². The average molecular weight is 549 g/mol. The van der Waals surface area contributed by atoms with E-state index in [0.29, 0.717) is 47.6 Å². The third kappa shape index (κ3) is 5.42. The van der Waals surface area contributed by atoms with Crippen LogP contribution < -0.4 is 15.4 Å². The van der Waals surface area contributed by atoms with E-state index in [1.54, 1.807) is 24.2 Å². The number of rotatable bonds is 9. The molecule has 0 spiro atoms. The van der Waals surface area contributed by atoms with Crippen molar-refractivity contribution in [2.45, 2.75) is 45.0 Å². The molecular formula is C29H30ClFN6O2. The Morgan fingerprint density at radius 3 is 2.69 bits per heavy atom. The van der Waals surface area contributed by atoms with Gasteiger partial charge in [-0.3, -0.25) is 0 Å². The van der Waals surface area contributed by atoms with Gasteiger partial charge in [0.25, 0.3) is 0 Å². The van der Waals surface area contributed by atoms with Crippen molar-refractivity contribution in [2.24, 2.45) is 5.92 Å². The van der Waals surface area contributed by atoms with Crippen LogP contribution >= 0.6 is 11.6 Å². The number of halogens is 2. The van der Waals surface area contributed by atoms with Gasteiger partial charge in [0.15, 0.2) is 0 Å². The minimum atomic E-state index is -0.489. The topological polar surface area (TPSA) is 86.1 Å². The SMILES string of the molecule is COc1cc(Nc2nc(N[C@H](C)C3CC3)c3c(n2)C(c2ccc(CF)cc2)COC3)ccc1-n1cnc(Cl)c1. The van der Waals surface area contributed by atoms with Gasteiger partial charge in [-0.15, -0.1) is 0 Å². The van der Waals surface area contributed by atoms with Gasteiger partial charge >= 0.3 is 0 Å². The first-order valence-electron chi connectivity index (χ1n) is 13.1. The second-order valence-electron chi connectivity index (χ2n) is 10.1. The van der Waals surface area contributed by atoms with Crippen LogP contribution in [0.5, 0.6) is 5.75 Å². The average Bonchev–Trinajstić information content (AvgIpc) is 3.73. The molecule has 1 saturated carbocycles. The number of ether oxygens (including phenoxy) is 2. The lowest BCUT2D eigenvalue weighted by Gasteiger charge is -2.28. The first kappa shape index (κ1) is 25.6. The normalized spacial score (nSPS) is 17.4. The Labute approximate surface area is 231 Å². The molecule has 8 nitrogen and oxygen atoms in total. The quantitative estimate of drug-likeness (QED) is 0.250. The van der Waals surface area contributed by atoms with Crippen LogP contribution in [0, 0.1) is 5.92 Å². The van der Waals surface area contributed by atoms with E-state index in [2.05, 4.69) is 22.5 Å². The molecular weight excluding hydrogens is 519 g/mol. The molecule has 1 aliphatic carbocycles. The van der Waals surface area contributed by atoms with Crippen LogP contribution in [0.4, 0.5) is 21.8 Å². The van der Waals surface area contributed by atoms with Crippen LogP contribution in [0.25, 0.3) is 5.69 Å². The van der Waals surface area contributed by atoms with Crippen molar-refractivity contribution in [3.63, 3.8) is 0 Å². The molecule has 0 amide bonds. The number of aromatic nitrogens is 4. The molecule has 0 saturated heterocycles. The fourth-order valence-electron chi connectivity index (χ4n) is 5.02. The van der Waals surface area contributed by atoms with Crippen molar-refractivity contribution in [3.8, 4) is 11.4 Å². The van der Waals surface area contributed by atoms with Crippen LogP contribution in [0.3, 0.4) is 0 Å². The molecule has 1 aliphatic heterocycles. The molecule has 10 heteroatoms. The highest BCUT2D eigenvalue weighted by Crippen LogP contribution is 2.38. The molecule has 1 unspecified atom stereocenters. The monoisotopic (exact) mass is 548 g/mol. The number of anilines is 3. The molecule has 1 fully saturated rings. The van der Waals surface area contributed by atoms with Gasteiger partial charge in [0.05, 0.1) is 37.6 Å². The fourth-order valence-corrected chi connectivity index (χ4v) is 5.16. The van der Waals surface area contributed by atoms with Gasteiger partial charge in [-0.1, -0.05) is 35.9 Å². The number of nitrogens with zero attached hydrogens (tertiary/aromatic N) is 4. The summed E-state index contributed by atoms with van der Waals surface area (Å²) in [4.78, 5) is 14.0. The Hall–Kier alpha value is -3.69. The van der Waals surface area contributed by atoms with Gasteiger partial charge < -0.3 is 24.7 Å². The summed E-state index contributed by atoms with van der Waals surface area (Å²) in [5.41, 5.74) is 5.14. The molecule has 0 radical (unpaired) electrons. The summed E-state index contributed by atoms with van der Waals surface area (Å²) in [6.45, 7) is 2.63. The number of hydrogen-bond acceptors (Lipinski definition) is 7. The molecule has 6 rings (SSSR count). The maximum atomic E-state index is 13.1. The Kier molecular flexibility index (Phi) is 7.10. The number of methoxy groups -OCH3 is 1. The Morgan fingerprint density at radius 1 is 1.18 bits per heavy atom. The highest BCUT2D eigenvalue weighted by Gasteiger charge is 2.32. The van der Waals surface area contributed by atoms with Crippen molar-refractivity contribution >= 4 is 29.1 Å². The highest BCUT2D eigenvalue weighted by molar-refractivity contribution is 6.29. The lowest BCUT2D eigenvalue weighted by molar-refractivity contribution is 0.0978. The number of nitrogens with one attached hydrogen (secondary N) is 2. The largest absolute Gasteiger partial charge is 0.494 e. The highest BCUT2D eigenvalue weighted by atomic mass is 35.5. The van der Waals surface area contributed by atoms with Crippen molar-refractivity contribution in [1.29, 1.82) is 0 Å². The minimum Gasteiger partial charge on any atom is -0.494 e. The summed E-state index contributed by atoms with van der Waals surface area (Å²) in [5.74, 6) is 2.46. The van der Waals surface area contributed by atoms with Crippen molar-refractivity contribution in [1.82, 2.24) is 19.5 Å². The molecule has 0 bridgehead atoms. The molecule has 4 aromatic rings. The predicted octanol–water partition coefficient (Wildman–Crippen LogP) is 6.41. The molecule has 202 valence electrons. The number of hydrogen-bond donors (Lipinski definition) is 2. The number of alkyl halides is 1. The molecule has 2 aromatic heterocycles. The van der Waals surface area contributed by atoms with Crippen LogP contribution in [0.1, 0.15) is 48.1 Å². The molecule has 3 heterocycles. The Balaban J connectivity index is 1.36. The fraction of sp³-hybridized carbons (Fsp3) is 0.345. The zero-order chi connectivity index (χ0) is 26.9.